The van der Waals surface area contributed by atoms with Crippen molar-refractivity contribution in [2.45, 2.75) is 13.1 Å². The number of nitrogens with zero attached hydrogens (tertiary/aromatic N) is 4. The van der Waals surface area contributed by atoms with E-state index in [0.29, 0.717) is 17.0 Å². The van der Waals surface area contributed by atoms with Gasteiger partial charge < -0.3 is 5.32 Å². The molecular formula is C9H12ClF2N5. The number of aryl methyl sites for hydroxylation is 1. The second-order valence-corrected chi connectivity index (χ2v) is 3.26. The van der Waals surface area contributed by atoms with E-state index in [2.05, 4.69) is 15.5 Å². The van der Waals surface area contributed by atoms with Gasteiger partial charge in [-0.2, -0.15) is 19.0 Å². The largest absolute Gasteiger partial charge is 0.363 e. The highest BCUT2D eigenvalue weighted by Crippen LogP contribution is 2.12. The van der Waals surface area contributed by atoms with Crippen LogP contribution in [0.2, 0.25) is 0 Å². The van der Waals surface area contributed by atoms with Gasteiger partial charge in [-0.25, -0.2) is 4.68 Å². The van der Waals surface area contributed by atoms with E-state index < -0.39 is 6.55 Å². The molecule has 2 aromatic rings. The molecule has 0 aromatic carbocycles. The smallest absolute Gasteiger partial charge is 0.333 e. The number of rotatable bonds is 4. The summed E-state index contributed by atoms with van der Waals surface area (Å²) in [4.78, 5) is 0. The summed E-state index contributed by atoms with van der Waals surface area (Å²) in [6, 6.07) is 3.35. The molecule has 0 unspecified atom stereocenters. The zero-order valence-electron chi connectivity index (χ0n) is 9.05. The Kier molecular flexibility index (Phi) is 4.45. The first kappa shape index (κ1) is 13.4. The van der Waals surface area contributed by atoms with E-state index in [-0.39, 0.29) is 12.4 Å². The van der Waals surface area contributed by atoms with Gasteiger partial charge in [0.05, 0.1) is 12.2 Å². The van der Waals surface area contributed by atoms with Crippen LogP contribution in [0.1, 0.15) is 12.2 Å². The highest BCUT2D eigenvalue weighted by Gasteiger charge is 2.07. The molecule has 0 aliphatic heterocycles. The molecule has 0 amide bonds. The molecule has 0 aliphatic carbocycles. The quantitative estimate of drug-likeness (QED) is 0.918. The van der Waals surface area contributed by atoms with Crippen LogP contribution in [-0.2, 0) is 13.6 Å². The van der Waals surface area contributed by atoms with E-state index in [1.807, 2.05) is 13.1 Å². The predicted molar refractivity (Wildman–Crippen MR) is 61.3 cm³/mol. The maximum atomic E-state index is 12.2. The van der Waals surface area contributed by atoms with Gasteiger partial charge in [0, 0.05) is 25.5 Å². The van der Waals surface area contributed by atoms with Crippen LogP contribution in [0.25, 0.3) is 0 Å². The van der Waals surface area contributed by atoms with Crippen molar-refractivity contribution in [1.82, 2.24) is 19.6 Å². The minimum absolute atomic E-state index is 0. The summed E-state index contributed by atoms with van der Waals surface area (Å²) in [5, 5.41) is 10.6. The minimum Gasteiger partial charge on any atom is -0.363 e. The SMILES string of the molecule is Cl.Cn1nccc1CNc1ccn(C(F)F)n1. The number of hydrogen-bond acceptors (Lipinski definition) is 3. The summed E-state index contributed by atoms with van der Waals surface area (Å²) in [6.07, 6.45) is 2.91. The fourth-order valence-electron chi connectivity index (χ4n) is 1.30. The van der Waals surface area contributed by atoms with Gasteiger partial charge in [-0.15, -0.1) is 12.4 Å². The van der Waals surface area contributed by atoms with E-state index in [1.54, 1.807) is 10.9 Å². The molecule has 0 fully saturated rings. The van der Waals surface area contributed by atoms with Gasteiger partial charge in [-0.05, 0) is 6.07 Å². The number of hydrogen-bond donors (Lipinski definition) is 1. The summed E-state index contributed by atoms with van der Waals surface area (Å²) in [5.74, 6) is 0.418. The average molecular weight is 264 g/mol. The second kappa shape index (κ2) is 5.62. The number of nitrogens with one attached hydrogen (secondary N) is 1. The van der Waals surface area contributed by atoms with Gasteiger partial charge in [0.15, 0.2) is 0 Å². The molecule has 5 nitrogen and oxygen atoms in total. The fourth-order valence-corrected chi connectivity index (χ4v) is 1.30. The van der Waals surface area contributed by atoms with Gasteiger partial charge >= 0.3 is 6.55 Å². The fraction of sp³-hybridized carbons (Fsp3) is 0.333. The number of alkyl halides is 2. The Hall–Kier alpha value is -1.63. The molecule has 0 spiro atoms. The van der Waals surface area contributed by atoms with Crippen LogP contribution in [-0.4, -0.2) is 19.6 Å². The first-order valence-electron chi connectivity index (χ1n) is 4.71. The van der Waals surface area contributed by atoms with Crippen molar-refractivity contribution in [3.8, 4) is 0 Å². The van der Waals surface area contributed by atoms with Crippen molar-refractivity contribution >= 4 is 18.2 Å². The molecule has 17 heavy (non-hydrogen) atoms. The molecule has 2 rings (SSSR count). The molecule has 94 valence electrons. The van der Waals surface area contributed by atoms with E-state index in [9.17, 15) is 8.78 Å². The Morgan fingerprint density at radius 2 is 2.18 bits per heavy atom. The number of halogens is 3. The summed E-state index contributed by atoms with van der Waals surface area (Å²) >= 11 is 0. The van der Waals surface area contributed by atoms with Crippen LogP contribution >= 0.6 is 12.4 Å². The summed E-state index contributed by atoms with van der Waals surface area (Å²) < 4.78 is 26.7. The molecule has 8 heteroatoms. The van der Waals surface area contributed by atoms with E-state index in [1.165, 1.54) is 12.3 Å². The Morgan fingerprint density at radius 3 is 2.71 bits per heavy atom. The van der Waals surface area contributed by atoms with Gasteiger partial charge in [0.25, 0.3) is 0 Å². The highest BCUT2D eigenvalue weighted by atomic mass is 35.5. The molecule has 0 bridgehead atoms. The van der Waals surface area contributed by atoms with Crippen molar-refractivity contribution in [1.29, 1.82) is 0 Å². The lowest BCUT2D eigenvalue weighted by Gasteiger charge is -2.03. The molecule has 1 N–H and O–H groups in total. The summed E-state index contributed by atoms with van der Waals surface area (Å²) in [7, 11) is 1.81. The Bertz CT molecular complexity index is 467. The molecule has 0 saturated carbocycles. The Labute approximate surface area is 103 Å². The normalized spacial score (nSPS) is 10.4. The lowest BCUT2D eigenvalue weighted by molar-refractivity contribution is 0.0569. The van der Waals surface area contributed by atoms with Crippen LogP contribution < -0.4 is 5.32 Å². The van der Waals surface area contributed by atoms with Crippen molar-refractivity contribution in [3.05, 3.63) is 30.2 Å². The van der Waals surface area contributed by atoms with Gasteiger partial charge in [-0.3, -0.25) is 4.68 Å². The zero-order chi connectivity index (χ0) is 11.5. The lowest BCUT2D eigenvalue weighted by atomic mass is 10.4. The van der Waals surface area contributed by atoms with Crippen molar-refractivity contribution in [2.24, 2.45) is 7.05 Å². The van der Waals surface area contributed by atoms with E-state index in [4.69, 9.17) is 0 Å². The molecule has 0 aliphatic rings. The molecular weight excluding hydrogens is 252 g/mol. The number of anilines is 1. The standard InChI is InChI=1S/C9H11F2N5.ClH/c1-15-7(2-4-13-15)6-12-8-3-5-16(14-8)9(10)11;/h2-5,9H,6H2,1H3,(H,12,14);1H. The minimum atomic E-state index is -2.60. The van der Waals surface area contributed by atoms with Crippen LogP contribution in [0.15, 0.2) is 24.5 Å². The maximum absolute atomic E-state index is 12.2. The lowest BCUT2D eigenvalue weighted by Crippen LogP contribution is -2.06. The van der Waals surface area contributed by atoms with Crippen molar-refractivity contribution in [3.63, 3.8) is 0 Å². The Balaban J connectivity index is 0.00000144. The number of aromatic nitrogens is 4. The molecule has 2 heterocycles. The molecule has 0 saturated heterocycles. The van der Waals surface area contributed by atoms with Crippen LogP contribution in [0.4, 0.5) is 14.6 Å². The first-order valence-corrected chi connectivity index (χ1v) is 4.71. The summed E-state index contributed by atoms with van der Waals surface area (Å²) in [5.41, 5.74) is 0.951. The van der Waals surface area contributed by atoms with Crippen molar-refractivity contribution < 1.29 is 8.78 Å². The topological polar surface area (TPSA) is 47.7 Å². The Morgan fingerprint density at radius 1 is 1.41 bits per heavy atom. The third kappa shape index (κ3) is 3.16. The van der Waals surface area contributed by atoms with Crippen LogP contribution in [0, 0.1) is 0 Å². The van der Waals surface area contributed by atoms with Crippen LogP contribution in [0.3, 0.4) is 0 Å². The predicted octanol–water partition coefficient (Wildman–Crippen LogP) is 2.05. The highest BCUT2D eigenvalue weighted by molar-refractivity contribution is 5.85. The molecule has 0 atom stereocenters. The van der Waals surface area contributed by atoms with Gasteiger partial charge in [0.1, 0.15) is 5.82 Å². The van der Waals surface area contributed by atoms with Crippen molar-refractivity contribution in [2.75, 3.05) is 5.32 Å². The first-order chi connectivity index (χ1) is 7.66. The van der Waals surface area contributed by atoms with E-state index in [0.717, 1.165) is 5.69 Å². The van der Waals surface area contributed by atoms with E-state index >= 15 is 0 Å². The average Bonchev–Trinajstić information content (AvgIpc) is 2.83. The zero-order valence-corrected chi connectivity index (χ0v) is 9.86. The summed E-state index contributed by atoms with van der Waals surface area (Å²) in [6.45, 7) is -2.11. The molecule has 0 radical (unpaired) electrons. The van der Waals surface area contributed by atoms with Gasteiger partial charge in [0.2, 0.25) is 0 Å². The third-order valence-corrected chi connectivity index (χ3v) is 2.18. The van der Waals surface area contributed by atoms with Gasteiger partial charge in [-0.1, -0.05) is 0 Å². The second-order valence-electron chi connectivity index (χ2n) is 3.26. The maximum Gasteiger partial charge on any atom is 0.333 e. The monoisotopic (exact) mass is 263 g/mol. The van der Waals surface area contributed by atoms with Crippen LogP contribution in [0.5, 0.6) is 0 Å². The third-order valence-electron chi connectivity index (χ3n) is 2.18. The molecule has 2 aromatic heterocycles.